The van der Waals surface area contributed by atoms with E-state index in [-0.39, 0.29) is 12.0 Å². The van der Waals surface area contributed by atoms with E-state index < -0.39 is 17.8 Å². The van der Waals surface area contributed by atoms with E-state index in [1.54, 1.807) is 6.20 Å². The Kier molecular flexibility index (Phi) is 4.41. The second-order valence-electron chi connectivity index (χ2n) is 6.87. The highest BCUT2D eigenvalue weighted by molar-refractivity contribution is 5.99. The van der Waals surface area contributed by atoms with Gasteiger partial charge in [0.15, 0.2) is 0 Å². The Morgan fingerprint density at radius 2 is 1.86 bits per heavy atom. The molecule has 0 radical (unpaired) electrons. The van der Waals surface area contributed by atoms with Crippen LogP contribution in [0.25, 0.3) is 10.9 Å². The van der Waals surface area contributed by atoms with Crippen molar-refractivity contribution in [1.29, 1.82) is 0 Å². The van der Waals surface area contributed by atoms with Gasteiger partial charge in [-0.25, -0.2) is 4.79 Å². The molecule has 3 N–H and O–H groups in total. The number of fused-ring (bicyclic) bond motifs is 1. The topological polar surface area (TPSA) is 74.4 Å². The molecule has 1 aliphatic rings. The fourth-order valence-corrected chi connectivity index (χ4v) is 3.46. The maximum Gasteiger partial charge on any atom is 0.416 e. The number of aromatic amines is 1. The number of aromatic nitrogens is 1. The van der Waals surface area contributed by atoms with Gasteiger partial charge in [-0.05, 0) is 60.7 Å². The van der Waals surface area contributed by atoms with Gasteiger partial charge in [0.2, 0.25) is 0 Å². The molecule has 28 heavy (non-hydrogen) atoms. The van der Waals surface area contributed by atoms with Gasteiger partial charge in [-0.3, -0.25) is 5.32 Å². The molecular weight excluding hydrogens is 373 g/mol. The van der Waals surface area contributed by atoms with Crippen LogP contribution in [0.5, 0.6) is 5.75 Å². The number of carbonyl (C=O) groups is 1. The lowest BCUT2D eigenvalue weighted by Crippen LogP contribution is -2.32. The molecule has 0 spiro atoms. The lowest BCUT2D eigenvalue weighted by atomic mass is 9.77. The Bertz CT molecular complexity index is 1010. The molecule has 0 bridgehead atoms. The minimum Gasteiger partial charge on any atom is -0.490 e. The monoisotopic (exact) mass is 390 g/mol. The summed E-state index contributed by atoms with van der Waals surface area (Å²) >= 11 is 0. The number of nitrogens with one attached hydrogen (secondary N) is 2. The number of hydrogen-bond donors (Lipinski definition) is 3. The summed E-state index contributed by atoms with van der Waals surface area (Å²) in [6.45, 7) is 0. The van der Waals surface area contributed by atoms with E-state index >= 15 is 0 Å². The van der Waals surface area contributed by atoms with Crippen LogP contribution >= 0.6 is 0 Å². The normalized spacial score (nSPS) is 19.2. The molecule has 146 valence electrons. The molecule has 0 aliphatic heterocycles. The summed E-state index contributed by atoms with van der Waals surface area (Å²) < 4.78 is 43.6. The fourth-order valence-electron chi connectivity index (χ4n) is 3.46. The number of amides is 1. The number of alkyl halides is 3. The van der Waals surface area contributed by atoms with Crippen molar-refractivity contribution >= 4 is 22.7 Å². The molecule has 4 rings (SSSR count). The minimum atomic E-state index is -4.36. The molecule has 0 saturated heterocycles. The molecule has 0 atom stereocenters. The molecule has 5 nitrogen and oxygen atoms in total. The van der Waals surface area contributed by atoms with Gasteiger partial charge in [0, 0.05) is 17.1 Å². The van der Waals surface area contributed by atoms with Crippen molar-refractivity contribution in [2.45, 2.75) is 31.0 Å². The summed E-state index contributed by atoms with van der Waals surface area (Å²) in [7, 11) is 0. The van der Waals surface area contributed by atoms with Gasteiger partial charge in [0.05, 0.1) is 17.4 Å². The van der Waals surface area contributed by atoms with Crippen molar-refractivity contribution in [3.05, 3.63) is 59.8 Å². The predicted molar refractivity (Wildman–Crippen MR) is 97.8 cm³/mol. The SMILES string of the molecule is O=C(O)Nc1c[nH]c2ccc(C3CC(Oc4ccc(C(F)(F)F)cc4)C3)cc12. The van der Waals surface area contributed by atoms with Crippen molar-refractivity contribution in [1.82, 2.24) is 4.98 Å². The van der Waals surface area contributed by atoms with Gasteiger partial charge in [0.1, 0.15) is 5.75 Å². The van der Waals surface area contributed by atoms with Crippen molar-refractivity contribution in [3.8, 4) is 5.75 Å². The van der Waals surface area contributed by atoms with Crippen molar-refractivity contribution in [2.75, 3.05) is 5.32 Å². The number of rotatable bonds is 4. The average Bonchev–Trinajstić information content (AvgIpc) is 2.99. The van der Waals surface area contributed by atoms with Crippen LogP contribution in [0.4, 0.5) is 23.7 Å². The minimum absolute atomic E-state index is 0.0553. The second-order valence-corrected chi connectivity index (χ2v) is 6.87. The summed E-state index contributed by atoms with van der Waals surface area (Å²) in [6, 6.07) is 10.6. The molecule has 1 heterocycles. The zero-order chi connectivity index (χ0) is 19.9. The first-order chi connectivity index (χ1) is 13.3. The van der Waals surface area contributed by atoms with Crippen LogP contribution in [0.1, 0.15) is 29.9 Å². The molecule has 8 heteroatoms. The van der Waals surface area contributed by atoms with Gasteiger partial charge in [-0.2, -0.15) is 13.2 Å². The number of carboxylic acid groups (broad SMARTS) is 1. The van der Waals surface area contributed by atoms with Crippen LogP contribution in [0.3, 0.4) is 0 Å². The van der Waals surface area contributed by atoms with Crippen molar-refractivity contribution in [2.24, 2.45) is 0 Å². The zero-order valence-corrected chi connectivity index (χ0v) is 14.6. The van der Waals surface area contributed by atoms with E-state index in [0.29, 0.717) is 11.4 Å². The highest BCUT2D eigenvalue weighted by Gasteiger charge is 2.33. The van der Waals surface area contributed by atoms with E-state index in [1.165, 1.54) is 12.1 Å². The highest BCUT2D eigenvalue weighted by atomic mass is 19.4. The molecular formula is C20H17F3N2O3. The first-order valence-corrected chi connectivity index (χ1v) is 8.74. The number of ether oxygens (including phenoxy) is 1. The molecule has 3 aromatic rings. The van der Waals surface area contributed by atoms with E-state index in [0.717, 1.165) is 41.4 Å². The summed E-state index contributed by atoms with van der Waals surface area (Å²) in [4.78, 5) is 13.9. The lowest BCUT2D eigenvalue weighted by molar-refractivity contribution is -0.137. The Morgan fingerprint density at radius 3 is 2.50 bits per heavy atom. The molecule has 1 amide bonds. The Morgan fingerprint density at radius 1 is 1.14 bits per heavy atom. The van der Waals surface area contributed by atoms with Crippen LogP contribution in [0, 0.1) is 0 Å². The lowest BCUT2D eigenvalue weighted by Gasteiger charge is -2.35. The predicted octanol–water partition coefficient (Wildman–Crippen LogP) is 5.60. The van der Waals surface area contributed by atoms with Crippen molar-refractivity contribution < 1.29 is 27.8 Å². The summed E-state index contributed by atoms with van der Waals surface area (Å²) in [5, 5.41) is 12.1. The average molecular weight is 390 g/mol. The van der Waals surface area contributed by atoms with Crippen LogP contribution in [0.2, 0.25) is 0 Å². The zero-order valence-electron chi connectivity index (χ0n) is 14.6. The van der Waals surface area contributed by atoms with Crippen LogP contribution in [-0.2, 0) is 6.18 Å². The van der Waals surface area contributed by atoms with Gasteiger partial charge in [-0.1, -0.05) is 6.07 Å². The maximum atomic E-state index is 12.6. The van der Waals surface area contributed by atoms with Gasteiger partial charge >= 0.3 is 12.3 Å². The third-order valence-corrected chi connectivity index (χ3v) is 5.00. The molecule has 1 fully saturated rings. The summed E-state index contributed by atoms with van der Waals surface area (Å²) in [6.07, 6.45) is -2.43. The van der Waals surface area contributed by atoms with Gasteiger partial charge in [0.25, 0.3) is 0 Å². The number of H-pyrrole nitrogens is 1. The fraction of sp³-hybridized carbons (Fsp3) is 0.250. The van der Waals surface area contributed by atoms with Crippen LogP contribution in [-0.4, -0.2) is 22.3 Å². The Labute approximate surface area is 158 Å². The molecule has 0 unspecified atom stereocenters. The Balaban J connectivity index is 1.40. The van der Waals surface area contributed by atoms with E-state index in [9.17, 15) is 18.0 Å². The second kappa shape index (κ2) is 6.78. The number of halogens is 3. The van der Waals surface area contributed by atoms with Gasteiger partial charge < -0.3 is 14.8 Å². The maximum absolute atomic E-state index is 12.6. The highest BCUT2D eigenvalue weighted by Crippen LogP contribution is 2.41. The number of hydrogen-bond acceptors (Lipinski definition) is 2. The molecule has 2 aromatic carbocycles. The van der Waals surface area contributed by atoms with Crippen LogP contribution < -0.4 is 10.1 Å². The third kappa shape index (κ3) is 3.62. The van der Waals surface area contributed by atoms with Crippen molar-refractivity contribution in [3.63, 3.8) is 0 Å². The largest absolute Gasteiger partial charge is 0.490 e. The number of anilines is 1. The quantitative estimate of drug-likeness (QED) is 0.543. The van der Waals surface area contributed by atoms with Gasteiger partial charge in [-0.15, -0.1) is 0 Å². The molecule has 1 aromatic heterocycles. The summed E-state index contributed by atoms with van der Waals surface area (Å²) in [5.41, 5.74) is 1.72. The van der Waals surface area contributed by atoms with E-state index in [1.807, 2.05) is 18.2 Å². The molecule has 1 aliphatic carbocycles. The Hall–Kier alpha value is -3.16. The van der Waals surface area contributed by atoms with E-state index in [4.69, 9.17) is 9.84 Å². The third-order valence-electron chi connectivity index (χ3n) is 5.00. The summed E-state index contributed by atoms with van der Waals surface area (Å²) in [5.74, 6) is 0.682. The smallest absolute Gasteiger partial charge is 0.416 e. The first kappa shape index (κ1) is 18.2. The first-order valence-electron chi connectivity index (χ1n) is 8.74. The number of benzene rings is 2. The van der Waals surface area contributed by atoms with E-state index in [2.05, 4.69) is 10.3 Å². The van der Waals surface area contributed by atoms with Crippen LogP contribution in [0.15, 0.2) is 48.7 Å². The standard InChI is InChI=1S/C20H17F3N2O3/c21-20(22,23)13-2-4-14(5-3-13)28-15-7-12(8-15)11-1-6-17-16(9-11)18(10-24-17)25-19(26)27/h1-6,9-10,12,15,24-25H,7-8H2,(H,26,27). The molecule has 1 saturated carbocycles.